The molecule has 0 saturated carbocycles. The average Bonchev–Trinajstić information content (AvgIpc) is 2.67. The molecule has 2 rings (SSSR count). The Balaban J connectivity index is 2.56. The molecule has 4 nitrogen and oxygen atoms in total. The molecule has 0 radical (unpaired) electrons. The lowest BCUT2D eigenvalue weighted by atomic mass is 10.00. The van der Waals surface area contributed by atoms with Crippen LogP contribution in [0.2, 0.25) is 0 Å². The third-order valence-electron chi connectivity index (χ3n) is 2.93. The molecule has 1 aliphatic heterocycles. The zero-order valence-corrected chi connectivity index (χ0v) is 10.3. The Morgan fingerprint density at radius 2 is 1.88 bits per heavy atom. The van der Waals surface area contributed by atoms with Crippen LogP contribution in [-0.2, 0) is 4.74 Å². The summed E-state index contributed by atoms with van der Waals surface area (Å²) in [5.41, 5.74) is 1.32. The number of cyclic esters (lactones) is 1. The van der Waals surface area contributed by atoms with Gasteiger partial charge in [-0.2, -0.15) is 0 Å². The normalized spacial score (nSPS) is 17.6. The first kappa shape index (κ1) is 11.8. The van der Waals surface area contributed by atoms with Gasteiger partial charge in [-0.05, 0) is 18.6 Å². The van der Waals surface area contributed by atoms with E-state index in [0.29, 0.717) is 17.1 Å². The van der Waals surface area contributed by atoms with E-state index < -0.39 is 0 Å². The van der Waals surface area contributed by atoms with Crippen molar-refractivity contribution < 1.29 is 19.0 Å². The number of benzene rings is 1. The zero-order chi connectivity index (χ0) is 12.4. The summed E-state index contributed by atoms with van der Waals surface area (Å²) in [5.74, 6) is 0.906. The molecule has 1 unspecified atom stereocenters. The summed E-state index contributed by atoms with van der Waals surface area (Å²) in [6.45, 7) is 2.05. The molecular formula is C13H16O4. The van der Waals surface area contributed by atoms with Crippen molar-refractivity contribution in [1.29, 1.82) is 0 Å². The van der Waals surface area contributed by atoms with Gasteiger partial charge in [0.1, 0.15) is 23.2 Å². The molecule has 1 heterocycles. The smallest absolute Gasteiger partial charge is 0.343 e. The number of carbonyl (C=O) groups is 1. The van der Waals surface area contributed by atoms with Crippen LogP contribution in [-0.4, -0.2) is 20.2 Å². The number of hydrogen-bond donors (Lipinski definition) is 0. The van der Waals surface area contributed by atoms with Gasteiger partial charge in [0, 0.05) is 0 Å². The Morgan fingerprint density at radius 1 is 1.24 bits per heavy atom. The summed E-state index contributed by atoms with van der Waals surface area (Å²) in [6, 6.07) is 3.54. The first-order chi connectivity index (χ1) is 8.22. The van der Waals surface area contributed by atoms with Crippen molar-refractivity contribution in [2.75, 3.05) is 14.2 Å². The molecule has 1 aliphatic rings. The molecule has 0 aromatic heterocycles. The summed E-state index contributed by atoms with van der Waals surface area (Å²) >= 11 is 0. The highest BCUT2D eigenvalue weighted by Gasteiger charge is 2.36. The van der Waals surface area contributed by atoms with E-state index in [-0.39, 0.29) is 12.1 Å². The first-order valence-electron chi connectivity index (χ1n) is 5.68. The van der Waals surface area contributed by atoms with E-state index in [1.54, 1.807) is 20.3 Å². The van der Waals surface area contributed by atoms with Crippen molar-refractivity contribution in [3.63, 3.8) is 0 Å². The molecule has 17 heavy (non-hydrogen) atoms. The van der Waals surface area contributed by atoms with E-state index in [1.807, 2.05) is 6.07 Å². The number of hydrogen-bond acceptors (Lipinski definition) is 4. The van der Waals surface area contributed by atoms with E-state index in [2.05, 4.69) is 6.92 Å². The number of fused-ring (bicyclic) bond motifs is 1. The molecule has 1 aromatic carbocycles. The summed E-state index contributed by atoms with van der Waals surface area (Å²) in [5, 5.41) is 0. The van der Waals surface area contributed by atoms with Crippen LogP contribution in [0.1, 0.15) is 41.8 Å². The van der Waals surface area contributed by atoms with Crippen LogP contribution in [0.25, 0.3) is 0 Å². The Morgan fingerprint density at radius 3 is 2.47 bits per heavy atom. The highest BCUT2D eigenvalue weighted by molar-refractivity contribution is 5.98. The molecular weight excluding hydrogens is 220 g/mol. The number of ether oxygens (including phenoxy) is 3. The van der Waals surface area contributed by atoms with Gasteiger partial charge in [-0.1, -0.05) is 13.3 Å². The van der Waals surface area contributed by atoms with Gasteiger partial charge in [-0.15, -0.1) is 0 Å². The van der Waals surface area contributed by atoms with Crippen molar-refractivity contribution in [2.45, 2.75) is 25.9 Å². The minimum atomic E-state index is -0.325. The fourth-order valence-corrected chi connectivity index (χ4v) is 2.17. The molecule has 0 fully saturated rings. The SMILES string of the molecule is CCCC1OC(=O)c2c(OC)ccc(OC)c21. The standard InChI is InChI=1S/C13H16O4/c1-4-5-10-11-8(15-2)6-7-9(16-3)12(11)13(14)17-10/h6-7,10H,4-5H2,1-3H3. The summed E-state index contributed by atoms with van der Waals surface area (Å²) in [4.78, 5) is 11.8. The highest BCUT2D eigenvalue weighted by atomic mass is 16.6. The maximum absolute atomic E-state index is 11.8. The monoisotopic (exact) mass is 236 g/mol. The van der Waals surface area contributed by atoms with E-state index in [4.69, 9.17) is 14.2 Å². The van der Waals surface area contributed by atoms with Crippen LogP contribution >= 0.6 is 0 Å². The molecule has 1 aromatic rings. The fourth-order valence-electron chi connectivity index (χ4n) is 2.17. The van der Waals surface area contributed by atoms with E-state index in [9.17, 15) is 4.79 Å². The largest absolute Gasteiger partial charge is 0.496 e. The van der Waals surface area contributed by atoms with Gasteiger partial charge in [-0.25, -0.2) is 4.79 Å². The van der Waals surface area contributed by atoms with Crippen molar-refractivity contribution in [3.05, 3.63) is 23.3 Å². The third kappa shape index (κ3) is 1.84. The second-order valence-electron chi connectivity index (χ2n) is 3.94. The van der Waals surface area contributed by atoms with Gasteiger partial charge in [0.25, 0.3) is 0 Å². The fraction of sp³-hybridized carbons (Fsp3) is 0.462. The lowest BCUT2D eigenvalue weighted by Crippen LogP contribution is -1.99. The van der Waals surface area contributed by atoms with Crippen LogP contribution in [0, 0.1) is 0 Å². The Bertz CT molecular complexity index is 439. The van der Waals surface area contributed by atoms with Gasteiger partial charge in [0.2, 0.25) is 0 Å². The van der Waals surface area contributed by atoms with Crippen LogP contribution in [0.15, 0.2) is 12.1 Å². The van der Waals surface area contributed by atoms with E-state index in [1.165, 1.54) is 0 Å². The van der Waals surface area contributed by atoms with Gasteiger partial charge in [-0.3, -0.25) is 0 Å². The van der Waals surface area contributed by atoms with Crippen molar-refractivity contribution >= 4 is 5.97 Å². The minimum absolute atomic E-state index is 0.215. The van der Waals surface area contributed by atoms with Crippen LogP contribution < -0.4 is 9.47 Å². The lowest BCUT2D eigenvalue weighted by molar-refractivity contribution is 0.0363. The van der Waals surface area contributed by atoms with Crippen LogP contribution in [0.4, 0.5) is 0 Å². The molecule has 0 bridgehead atoms. The summed E-state index contributed by atoms with van der Waals surface area (Å²) in [7, 11) is 3.14. The van der Waals surface area contributed by atoms with E-state index >= 15 is 0 Å². The molecule has 0 spiro atoms. The van der Waals surface area contributed by atoms with Gasteiger partial charge >= 0.3 is 5.97 Å². The molecule has 0 aliphatic carbocycles. The highest BCUT2D eigenvalue weighted by Crippen LogP contribution is 2.43. The van der Waals surface area contributed by atoms with Gasteiger partial charge < -0.3 is 14.2 Å². The molecule has 92 valence electrons. The van der Waals surface area contributed by atoms with Crippen molar-refractivity contribution in [3.8, 4) is 11.5 Å². The minimum Gasteiger partial charge on any atom is -0.496 e. The third-order valence-corrected chi connectivity index (χ3v) is 2.93. The predicted octanol–water partition coefficient (Wildman–Crippen LogP) is 2.72. The summed E-state index contributed by atoms with van der Waals surface area (Å²) in [6.07, 6.45) is 1.52. The number of methoxy groups -OCH3 is 2. The molecule has 0 N–H and O–H groups in total. The van der Waals surface area contributed by atoms with Gasteiger partial charge in [0.15, 0.2) is 0 Å². The second kappa shape index (κ2) is 4.65. The van der Waals surface area contributed by atoms with Crippen molar-refractivity contribution in [1.82, 2.24) is 0 Å². The maximum atomic E-state index is 11.8. The van der Waals surface area contributed by atoms with Gasteiger partial charge in [0.05, 0.1) is 19.8 Å². The summed E-state index contributed by atoms with van der Waals surface area (Å²) < 4.78 is 15.8. The van der Waals surface area contributed by atoms with Crippen LogP contribution in [0.5, 0.6) is 11.5 Å². The topological polar surface area (TPSA) is 44.8 Å². The molecule has 0 amide bonds. The van der Waals surface area contributed by atoms with Crippen LogP contribution in [0.3, 0.4) is 0 Å². The Hall–Kier alpha value is -1.71. The number of carbonyl (C=O) groups excluding carboxylic acids is 1. The quantitative estimate of drug-likeness (QED) is 0.754. The number of esters is 1. The maximum Gasteiger partial charge on any atom is 0.343 e. The molecule has 1 atom stereocenters. The molecule has 0 saturated heterocycles. The zero-order valence-electron chi connectivity index (χ0n) is 10.3. The number of rotatable bonds is 4. The lowest BCUT2D eigenvalue weighted by Gasteiger charge is -2.13. The van der Waals surface area contributed by atoms with E-state index in [0.717, 1.165) is 18.4 Å². The Kier molecular flexibility index (Phi) is 3.22. The first-order valence-corrected chi connectivity index (χ1v) is 5.68. The second-order valence-corrected chi connectivity index (χ2v) is 3.94. The Labute approximate surface area is 100 Å². The predicted molar refractivity (Wildman–Crippen MR) is 62.6 cm³/mol. The average molecular weight is 236 g/mol. The molecule has 4 heteroatoms. The van der Waals surface area contributed by atoms with Crippen molar-refractivity contribution in [2.24, 2.45) is 0 Å².